The summed E-state index contributed by atoms with van der Waals surface area (Å²) in [6.07, 6.45) is 24.7. The first kappa shape index (κ1) is 52.0. The number of carbonyl (C=O) groups excluding carboxylic acids is 2. The summed E-state index contributed by atoms with van der Waals surface area (Å²) >= 11 is 0. The molecule has 0 saturated heterocycles. The number of amides is 2. The normalized spacial score (nSPS) is 11.7. The molecule has 6 heteroatoms. The van der Waals surface area contributed by atoms with Crippen molar-refractivity contribution in [2.45, 2.75) is 195 Å². The van der Waals surface area contributed by atoms with Gasteiger partial charge in [-0.05, 0) is 60.1 Å². The Morgan fingerprint density at radius 3 is 1.12 bits per heavy atom. The van der Waals surface area contributed by atoms with Gasteiger partial charge in [0.05, 0.1) is 18.9 Å². The van der Waals surface area contributed by atoms with E-state index >= 15 is 9.59 Å². The van der Waals surface area contributed by atoms with Gasteiger partial charge in [0.25, 0.3) is 0 Å². The van der Waals surface area contributed by atoms with Crippen molar-refractivity contribution in [3.05, 3.63) is 108 Å². The SMILES string of the molecule is CCCCCCCCCCCCOc1cc(N(C(=O)C(=O)N(c2ccccc2)c2ccccc2)c2ccccc2)c(OCCCCCCCCCCCC)c(C(C)(C)C)c1C(C)(C)C. The van der Waals surface area contributed by atoms with Crippen molar-refractivity contribution in [1.82, 2.24) is 0 Å². The molecule has 0 aliphatic heterocycles. The third-order valence-electron chi connectivity index (χ3n) is 12.1. The van der Waals surface area contributed by atoms with E-state index in [9.17, 15) is 0 Å². The van der Waals surface area contributed by atoms with E-state index in [0.717, 1.165) is 42.6 Å². The molecule has 0 spiro atoms. The molecule has 0 atom stereocenters. The third kappa shape index (κ3) is 16.4. The lowest BCUT2D eigenvalue weighted by molar-refractivity contribution is -0.135. The van der Waals surface area contributed by atoms with E-state index in [1.165, 1.54) is 108 Å². The minimum absolute atomic E-state index is 0.321. The van der Waals surface area contributed by atoms with Crippen LogP contribution in [-0.2, 0) is 20.4 Å². The summed E-state index contributed by atoms with van der Waals surface area (Å²) in [5.74, 6) is 0.00745. The van der Waals surface area contributed by atoms with E-state index in [0.29, 0.717) is 41.7 Å². The van der Waals surface area contributed by atoms with Crippen LogP contribution in [0.3, 0.4) is 0 Å². The van der Waals surface area contributed by atoms with Crippen LogP contribution in [0.25, 0.3) is 0 Å². The Hall–Kier alpha value is -4.58. The minimum Gasteiger partial charge on any atom is -0.493 e. The second-order valence-corrected chi connectivity index (χ2v) is 19.8. The average Bonchev–Trinajstić information content (AvgIpc) is 3.28. The Balaban J connectivity index is 1.77. The molecule has 0 aliphatic carbocycles. The molecule has 0 aliphatic rings. The molecule has 0 aromatic heterocycles. The van der Waals surface area contributed by atoms with Crippen molar-refractivity contribution in [1.29, 1.82) is 0 Å². The molecule has 350 valence electrons. The molecule has 0 fully saturated rings. The van der Waals surface area contributed by atoms with E-state index in [1.807, 2.05) is 97.1 Å². The zero-order valence-electron chi connectivity index (χ0n) is 41.3. The van der Waals surface area contributed by atoms with Crippen LogP contribution in [0.2, 0.25) is 0 Å². The van der Waals surface area contributed by atoms with Crippen LogP contribution in [0.5, 0.6) is 11.5 Å². The quantitative estimate of drug-likeness (QED) is 0.0421. The Labute approximate surface area is 389 Å². The standard InChI is InChI=1S/C58H84N2O4/c1-9-11-13-15-17-19-21-23-25-36-44-63-51-46-50(54(53(58(6,7)8)52(51)57(3,4)5)64-45-37-26-24-22-20-18-16-14-12-10-2)60(49-42-34-29-35-43-49)56(62)55(61)59(47-38-30-27-31-39-47)48-40-32-28-33-41-48/h27-35,38-43,46H,9-26,36-37,44-45H2,1-8H3. The molecule has 0 N–H and O–H groups in total. The van der Waals surface area contributed by atoms with Crippen molar-refractivity contribution >= 4 is 34.6 Å². The summed E-state index contributed by atoms with van der Waals surface area (Å²) in [5, 5.41) is 0. The monoisotopic (exact) mass is 873 g/mol. The fourth-order valence-electron chi connectivity index (χ4n) is 8.72. The number of anilines is 4. The number of nitrogens with zero attached hydrogens (tertiary/aromatic N) is 2. The first-order valence-electron chi connectivity index (χ1n) is 25.2. The minimum atomic E-state index is -0.688. The number of ether oxygens (including phenoxy) is 2. The maximum absolute atomic E-state index is 15.4. The highest BCUT2D eigenvalue weighted by Gasteiger charge is 2.39. The van der Waals surface area contributed by atoms with Gasteiger partial charge in [-0.15, -0.1) is 0 Å². The molecular weight excluding hydrogens is 789 g/mol. The topological polar surface area (TPSA) is 59.1 Å². The number of carbonyl (C=O) groups is 2. The summed E-state index contributed by atoms with van der Waals surface area (Å²) in [7, 11) is 0. The predicted molar refractivity (Wildman–Crippen MR) is 272 cm³/mol. The molecule has 4 rings (SSSR count). The van der Waals surface area contributed by atoms with Crippen LogP contribution in [-0.4, -0.2) is 25.0 Å². The third-order valence-corrected chi connectivity index (χ3v) is 12.1. The lowest BCUT2D eigenvalue weighted by atomic mass is 9.73. The molecular formula is C58H84N2O4. The van der Waals surface area contributed by atoms with Crippen molar-refractivity contribution in [2.24, 2.45) is 0 Å². The van der Waals surface area contributed by atoms with Crippen molar-refractivity contribution in [3.63, 3.8) is 0 Å². The second kappa shape index (κ2) is 27.7. The molecule has 0 unspecified atom stereocenters. The predicted octanol–water partition coefficient (Wildman–Crippen LogP) is 16.9. The molecule has 64 heavy (non-hydrogen) atoms. The number of hydrogen-bond acceptors (Lipinski definition) is 4. The van der Waals surface area contributed by atoms with Crippen LogP contribution in [0.1, 0.15) is 195 Å². The molecule has 0 bridgehead atoms. The Morgan fingerprint density at radius 2 is 0.750 bits per heavy atom. The van der Waals surface area contributed by atoms with Gasteiger partial charge in [0.1, 0.15) is 11.5 Å². The van der Waals surface area contributed by atoms with Gasteiger partial charge in [-0.25, -0.2) is 0 Å². The van der Waals surface area contributed by atoms with E-state index < -0.39 is 17.2 Å². The van der Waals surface area contributed by atoms with Gasteiger partial charge in [0, 0.05) is 34.3 Å². The van der Waals surface area contributed by atoms with Gasteiger partial charge >= 0.3 is 11.8 Å². The molecule has 4 aromatic carbocycles. The highest BCUT2D eigenvalue weighted by molar-refractivity contribution is 6.47. The van der Waals surface area contributed by atoms with Crippen LogP contribution < -0.4 is 19.3 Å². The Kier molecular flexibility index (Phi) is 22.5. The zero-order chi connectivity index (χ0) is 46.2. The van der Waals surface area contributed by atoms with Crippen LogP contribution >= 0.6 is 0 Å². The second-order valence-electron chi connectivity index (χ2n) is 19.8. The fourth-order valence-corrected chi connectivity index (χ4v) is 8.72. The summed E-state index contributed by atoms with van der Waals surface area (Å²) in [6, 6.07) is 30.4. The lowest BCUT2D eigenvalue weighted by Gasteiger charge is -2.37. The summed E-state index contributed by atoms with van der Waals surface area (Å²) < 4.78 is 14.0. The number of unbranched alkanes of at least 4 members (excludes halogenated alkanes) is 18. The largest absolute Gasteiger partial charge is 0.493 e. The molecule has 0 saturated carbocycles. The van der Waals surface area contributed by atoms with Crippen LogP contribution in [0.4, 0.5) is 22.7 Å². The van der Waals surface area contributed by atoms with Gasteiger partial charge in [-0.3, -0.25) is 19.4 Å². The number of para-hydroxylation sites is 3. The highest BCUT2D eigenvalue weighted by atomic mass is 16.5. The van der Waals surface area contributed by atoms with Gasteiger partial charge in [0.15, 0.2) is 0 Å². The van der Waals surface area contributed by atoms with E-state index in [4.69, 9.17) is 9.47 Å². The Bertz CT molecular complexity index is 1870. The number of benzene rings is 4. The molecule has 6 nitrogen and oxygen atoms in total. The maximum atomic E-state index is 15.4. The Morgan fingerprint density at radius 1 is 0.422 bits per heavy atom. The number of hydrogen-bond donors (Lipinski definition) is 0. The summed E-state index contributed by atoms with van der Waals surface area (Å²) in [4.78, 5) is 33.5. The van der Waals surface area contributed by atoms with E-state index in [-0.39, 0.29) is 5.41 Å². The number of rotatable bonds is 28. The summed E-state index contributed by atoms with van der Waals surface area (Å²) in [5.41, 5.74) is 3.67. The van der Waals surface area contributed by atoms with Gasteiger partial charge < -0.3 is 9.47 Å². The first-order valence-corrected chi connectivity index (χ1v) is 25.2. The molecule has 2 amide bonds. The van der Waals surface area contributed by atoms with E-state index in [2.05, 4.69) is 55.4 Å². The molecule has 0 radical (unpaired) electrons. The molecule has 0 heterocycles. The van der Waals surface area contributed by atoms with Gasteiger partial charge in [-0.2, -0.15) is 0 Å². The first-order chi connectivity index (χ1) is 30.9. The summed E-state index contributed by atoms with van der Waals surface area (Å²) in [6.45, 7) is 19.0. The average molecular weight is 873 g/mol. The van der Waals surface area contributed by atoms with Crippen molar-refractivity contribution in [3.8, 4) is 11.5 Å². The van der Waals surface area contributed by atoms with Crippen molar-refractivity contribution in [2.75, 3.05) is 23.0 Å². The van der Waals surface area contributed by atoms with Gasteiger partial charge in [0.2, 0.25) is 0 Å². The molecule has 4 aromatic rings. The maximum Gasteiger partial charge on any atom is 0.321 e. The lowest BCUT2D eigenvalue weighted by Crippen LogP contribution is -2.42. The van der Waals surface area contributed by atoms with Gasteiger partial charge in [-0.1, -0.05) is 226 Å². The van der Waals surface area contributed by atoms with Crippen LogP contribution in [0.15, 0.2) is 97.1 Å². The fraction of sp³-hybridized carbons (Fsp3) is 0.552. The highest BCUT2D eigenvalue weighted by Crippen LogP contribution is 2.51. The van der Waals surface area contributed by atoms with Crippen LogP contribution in [0, 0.1) is 0 Å². The smallest absolute Gasteiger partial charge is 0.321 e. The van der Waals surface area contributed by atoms with Crippen molar-refractivity contribution < 1.29 is 19.1 Å². The van der Waals surface area contributed by atoms with E-state index in [1.54, 1.807) is 4.90 Å². The zero-order valence-corrected chi connectivity index (χ0v) is 41.3.